The van der Waals surface area contributed by atoms with Crippen LogP contribution >= 0.6 is 0 Å². The first kappa shape index (κ1) is 26.3. The van der Waals surface area contributed by atoms with Crippen LogP contribution in [0.3, 0.4) is 0 Å². The maximum Gasteiger partial charge on any atom is 0.335 e. The van der Waals surface area contributed by atoms with Gasteiger partial charge >= 0.3 is 12.0 Å². The Morgan fingerprint density at radius 3 is 2.49 bits per heavy atom. The van der Waals surface area contributed by atoms with E-state index in [-0.39, 0.29) is 29.5 Å². The summed E-state index contributed by atoms with van der Waals surface area (Å²) in [6.07, 6.45) is 0. The van der Waals surface area contributed by atoms with Gasteiger partial charge in [-0.1, -0.05) is 72.8 Å². The highest BCUT2D eigenvalue weighted by Crippen LogP contribution is 2.34. The first-order valence-electron chi connectivity index (χ1n) is 13.2. The summed E-state index contributed by atoms with van der Waals surface area (Å²) in [5.41, 5.74) is 3.01. The molecular weight excluding hydrogens is 490 g/mol. The van der Waals surface area contributed by atoms with E-state index in [4.69, 9.17) is 4.74 Å². The molecule has 5 rings (SSSR count). The van der Waals surface area contributed by atoms with Crippen LogP contribution in [0.25, 0.3) is 10.8 Å². The van der Waals surface area contributed by atoms with Gasteiger partial charge in [-0.25, -0.2) is 9.59 Å². The zero-order chi connectivity index (χ0) is 27.4. The van der Waals surface area contributed by atoms with E-state index in [1.807, 2.05) is 23.1 Å². The summed E-state index contributed by atoms with van der Waals surface area (Å²) in [7, 11) is 1.46. The van der Waals surface area contributed by atoms with Crippen LogP contribution in [0.1, 0.15) is 40.4 Å². The molecule has 0 unspecified atom stereocenters. The minimum Gasteiger partial charge on any atom is -0.495 e. The second-order valence-corrected chi connectivity index (χ2v) is 10.0. The van der Waals surface area contributed by atoms with Crippen molar-refractivity contribution in [1.29, 1.82) is 0 Å². The van der Waals surface area contributed by atoms with Crippen molar-refractivity contribution in [2.45, 2.75) is 18.9 Å². The maximum absolute atomic E-state index is 13.4. The van der Waals surface area contributed by atoms with Gasteiger partial charge < -0.3 is 25.4 Å². The summed E-state index contributed by atoms with van der Waals surface area (Å²) in [6.45, 7) is 4.12. The number of nitrogens with one attached hydrogen (secondary N) is 2. The van der Waals surface area contributed by atoms with E-state index in [9.17, 15) is 14.7 Å². The molecule has 1 aliphatic rings. The van der Waals surface area contributed by atoms with Crippen molar-refractivity contribution >= 4 is 28.5 Å². The zero-order valence-corrected chi connectivity index (χ0v) is 22.1. The molecule has 0 aliphatic carbocycles. The second kappa shape index (κ2) is 11.6. The average Bonchev–Trinajstić information content (AvgIpc) is 3.40. The maximum atomic E-state index is 13.4. The van der Waals surface area contributed by atoms with Crippen LogP contribution in [-0.2, 0) is 0 Å². The minimum absolute atomic E-state index is 0.0987. The lowest BCUT2D eigenvalue weighted by Crippen LogP contribution is -2.34. The predicted octanol–water partition coefficient (Wildman–Crippen LogP) is 6.14. The van der Waals surface area contributed by atoms with Gasteiger partial charge in [-0.3, -0.25) is 0 Å². The molecule has 0 radical (unpaired) electrons. The fourth-order valence-corrected chi connectivity index (χ4v) is 5.51. The number of hydrogen-bond acceptors (Lipinski definition) is 4. The number of rotatable bonds is 8. The van der Waals surface area contributed by atoms with E-state index < -0.39 is 5.97 Å². The number of likely N-dealkylation sites (tertiary alicyclic amines) is 1. The molecule has 0 aromatic heterocycles. The van der Waals surface area contributed by atoms with Crippen molar-refractivity contribution in [3.63, 3.8) is 0 Å². The quantitative estimate of drug-likeness (QED) is 0.258. The van der Waals surface area contributed by atoms with Crippen molar-refractivity contribution in [3.8, 4) is 5.75 Å². The lowest BCUT2D eigenvalue weighted by Gasteiger charge is -2.23. The van der Waals surface area contributed by atoms with Crippen LogP contribution in [0.2, 0.25) is 0 Å². The van der Waals surface area contributed by atoms with Crippen LogP contribution in [-0.4, -0.2) is 48.8 Å². The number of carboxylic acid groups (broad SMARTS) is 1. The van der Waals surface area contributed by atoms with Gasteiger partial charge in [0.25, 0.3) is 0 Å². The Balaban J connectivity index is 1.32. The number of hydrogen-bond donors (Lipinski definition) is 3. The van der Waals surface area contributed by atoms with Crippen molar-refractivity contribution < 1.29 is 19.4 Å². The standard InChI is InChI=1S/C32H33N3O4/c1-21(26-14-8-12-22-11-6-7-13-27(22)26)33-18-25-19-35(20-28(25)23-9-4-3-5-10-23)32(38)34-29-16-15-24(31(36)37)17-30(29)39-2/h3-17,21,25,28,33H,18-20H2,1-2H3,(H,34,38)(H,36,37)/t21-,25-,28-/m1/s1. The molecule has 4 aromatic carbocycles. The number of carboxylic acids is 1. The highest BCUT2D eigenvalue weighted by molar-refractivity contribution is 5.94. The number of amides is 2. The summed E-state index contributed by atoms with van der Waals surface area (Å²) < 4.78 is 5.34. The Labute approximate surface area is 228 Å². The van der Waals surface area contributed by atoms with Gasteiger partial charge in [-0.05, 0) is 52.9 Å². The molecule has 2 amide bonds. The first-order valence-corrected chi connectivity index (χ1v) is 13.2. The van der Waals surface area contributed by atoms with Crippen LogP contribution in [0.4, 0.5) is 10.5 Å². The molecule has 1 heterocycles. The Morgan fingerprint density at radius 1 is 0.974 bits per heavy atom. The molecule has 200 valence electrons. The van der Waals surface area contributed by atoms with Crippen molar-refractivity contribution in [2.24, 2.45) is 5.92 Å². The summed E-state index contributed by atoms with van der Waals surface area (Å²) >= 11 is 0. The van der Waals surface area contributed by atoms with Crippen molar-refractivity contribution in [3.05, 3.63) is 108 Å². The Hall–Kier alpha value is -4.36. The van der Waals surface area contributed by atoms with Crippen molar-refractivity contribution in [1.82, 2.24) is 10.2 Å². The van der Waals surface area contributed by atoms with Crippen LogP contribution in [0.5, 0.6) is 5.75 Å². The highest BCUT2D eigenvalue weighted by atomic mass is 16.5. The van der Waals surface area contributed by atoms with Gasteiger partial charge in [0.05, 0.1) is 18.4 Å². The van der Waals surface area contributed by atoms with Crippen LogP contribution in [0.15, 0.2) is 91.0 Å². The normalized spacial score (nSPS) is 17.6. The van der Waals surface area contributed by atoms with Crippen molar-refractivity contribution in [2.75, 3.05) is 32.1 Å². The fourth-order valence-electron chi connectivity index (χ4n) is 5.51. The first-order chi connectivity index (χ1) is 18.9. The minimum atomic E-state index is -1.05. The monoisotopic (exact) mass is 523 g/mol. The number of methoxy groups -OCH3 is 1. The largest absolute Gasteiger partial charge is 0.495 e. The Bertz CT molecular complexity index is 1470. The molecule has 0 bridgehead atoms. The topological polar surface area (TPSA) is 90.9 Å². The van der Waals surface area contributed by atoms with E-state index >= 15 is 0 Å². The number of ether oxygens (including phenoxy) is 1. The molecule has 4 aromatic rings. The molecule has 3 N–H and O–H groups in total. The Kier molecular flexibility index (Phi) is 7.79. The van der Waals surface area contributed by atoms with E-state index in [2.05, 4.69) is 72.2 Å². The van der Waals surface area contributed by atoms with E-state index in [0.29, 0.717) is 24.5 Å². The lowest BCUT2D eigenvalue weighted by molar-refractivity contribution is 0.0696. The number of carbonyl (C=O) groups excluding carboxylic acids is 1. The molecule has 7 heteroatoms. The number of carbonyl (C=O) groups is 2. The summed E-state index contributed by atoms with van der Waals surface area (Å²) in [5, 5.41) is 18.4. The van der Waals surface area contributed by atoms with Crippen LogP contribution in [0, 0.1) is 5.92 Å². The lowest BCUT2D eigenvalue weighted by atomic mass is 9.88. The third-order valence-corrected chi connectivity index (χ3v) is 7.62. The number of nitrogens with zero attached hydrogens (tertiary/aromatic N) is 1. The molecule has 0 saturated carbocycles. The van der Waals surface area contributed by atoms with Gasteiger partial charge in [0.15, 0.2) is 0 Å². The molecule has 1 aliphatic heterocycles. The van der Waals surface area contributed by atoms with E-state index in [1.165, 1.54) is 41.1 Å². The summed E-state index contributed by atoms with van der Waals surface area (Å²) in [6, 6.07) is 29.5. The summed E-state index contributed by atoms with van der Waals surface area (Å²) in [4.78, 5) is 26.5. The third-order valence-electron chi connectivity index (χ3n) is 7.62. The van der Waals surface area contributed by atoms with Gasteiger partial charge in [-0.2, -0.15) is 0 Å². The average molecular weight is 524 g/mol. The molecular formula is C32H33N3O4. The van der Waals surface area contributed by atoms with E-state index in [1.54, 1.807) is 6.07 Å². The number of benzene rings is 4. The number of aromatic carboxylic acids is 1. The van der Waals surface area contributed by atoms with Gasteiger partial charge in [0.1, 0.15) is 5.75 Å². The molecule has 3 atom stereocenters. The highest BCUT2D eigenvalue weighted by Gasteiger charge is 2.36. The second-order valence-electron chi connectivity index (χ2n) is 10.0. The molecule has 1 fully saturated rings. The van der Waals surface area contributed by atoms with Gasteiger partial charge in [-0.15, -0.1) is 0 Å². The predicted molar refractivity (Wildman–Crippen MR) is 154 cm³/mol. The van der Waals surface area contributed by atoms with Crippen LogP contribution < -0.4 is 15.4 Å². The van der Waals surface area contributed by atoms with Gasteiger partial charge in [0.2, 0.25) is 0 Å². The molecule has 7 nitrogen and oxygen atoms in total. The SMILES string of the molecule is COc1cc(C(=O)O)ccc1NC(=O)N1C[C@@H](CN[C@H](C)c2cccc3ccccc23)[C@@H](c2ccccc2)C1. The third kappa shape index (κ3) is 5.73. The summed E-state index contributed by atoms with van der Waals surface area (Å²) in [5.74, 6) is -0.346. The molecule has 1 saturated heterocycles. The fraction of sp³-hybridized carbons (Fsp3) is 0.250. The molecule has 0 spiro atoms. The number of fused-ring (bicyclic) bond motifs is 1. The number of urea groups is 1. The van der Waals surface area contributed by atoms with E-state index in [0.717, 1.165) is 6.54 Å². The smallest absolute Gasteiger partial charge is 0.335 e. The number of anilines is 1. The zero-order valence-electron chi connectivity index (χ0n) is 22.1. The molecule has 39 heavy (non-hydrogen) atoms. The Morgan fingerprint density at radius 2 is 1.72 bits per heavy atom. The van der Waals surface area contributed by atoms with Gasteiger partial charge in [0, 0.05) is 31.6 Å².